The number of hydrogen-bond donors (Lipinski definition) is 2. The van der Waals surface area contributed by atoms with Crippen LogP contribution in [0.3, 0.4) is 0 Å². The number of hydrogen-bond acceptors (Lipinski definition) is 7. The SMILES string of the molecule is CCS(=O)(=O)c1c(N)nsc1NC(C)CN1CCCCC1. The van der Waals surface area contributed by atoms with Crippen LogP contribution in [0.2, 0.25) is 0 Å². The number of likely N-dealkylation sites (tertiary alicyclic amines) is 1. The van der Waals surface area contributed by atoms with Crippen LogP contribution in [-0.4, -0.2) is 49.1 Å². The first-order valence-corrected chi connectivity index (χ1v) is 9.83. The monoisotopic (exact) mass is 332 g/mol. The molecule has 3 N–H and O–H groups in total. The zero-order valence-electron chi connectivity index (χ0n) is 12.6. The molecule has 0 spiro atoms. The number of rotatable bonds is 6. The average Bonchev–Trinajstić information content (AvgIpc) is 2.81. The van der Waals surface area contributed by atoms with E-state index in [1.54, 1.807) is 6.92 Å². The van der Waals surface area contributed by atoms with Gasteiger partial charge >= 0.3 is 0 Å². The molecule has 2 heterocycles. The molecule has 1 saturated heterocycles. The summed E-state index contributed by atoms with van der Waals surface area (Å²) in [4.78, 5) is 2.58. The van der Waals surface area contributed by atoms with E-state index in [2.05, 4.69) is 21.5 Å². The lowest BCUT2D eigenvalue weighted by atomic mass is 10.1. The van der Waals surface area contributed by atoms with Gasteiger partial charge < -0.3 is 16.0 Å². The smallest absolute Gasteiger partial charge is 0.184 e. The van der Waals surface area contributed by atoms with Crippen LogP contribution >= 0.6 is 11.5 Å². The predicted molar refractivity (Wildman–Crippen MR) is 87.6 cm³/mol. The van der Waals surface area contributed by atoms with Gasteiger partial charge in [0.05, 0.1) is 5.75 Å². The summed E-state index contributed by atoms with van der Waals surface area (Å²) in [5.41, 5.74) is 5.73. The van der Waals surface area contributed by atoms with E-state index in [1.807, 2.05) is 0 Å². The van der Waals surface area contributed by atoms with Gasteiger partial charge in [0.1, 0.15) is 9.90 Å². The van der Waals surface area contributed by atoms with Crippen molar-refractivity contribution in [1.29, 1.82) is 0 Å². The highest BCUT2D eigenvalue weighted by Gasteiger charge is 2.25. The Bertz CT molecular complexity index is 565. The van der Waals surface area contributed by atoms with Crippen molar-refractivity contribution in [3.63, 3.8) is 0 Å². The molecule has 0 radical (unpaired) electrons. The molecular weight excluding hydrogens is 308 g/mol. The number of nitrogen functional groups attached to an aromatic ring is 1. The molecule has 1 aromatic rings. The molecule has 21 heavy (non-hydrogen) atoms. The summed E-state index contributed by atoms with van der Waals surface area (Å²) < 4.78 is 28.2. The molecule has 0 amide bonds. The predicted octanol–water partition coefficient (Wildman–Crippen LogP) is 1.81. The number of anilines is 2. The van der Waals surface area contributed by atoms with Gasteiger partial charge in [-0.2, -0.15) is 4.37 Å². The van der Waals surface area contributed by atoms with Gasteiger partial charge in [-0.3, -0.25) is 0 Å². The summed E-state index contributed by atoms with van der Waals surface area (Å²) >= 11 is 1.12. The molecule has 1 aromatic heterocycles. The first-order valence-electron chi connectivity index (χ1n) is 7.41. The summed E-state index contributed by atoms with van der Waals surface area (Å²) in [6, 6.07) is 0.161. The van der Waals surface area contributed by atoms with Gasteiger partial charge in [-0.05, 0) is 44.4 Å². The normalized spacial score (nSPS) is 18.6. The summed E-state index contributed by atoms with van der Waals surface area (Å²) in [5, 5.41) is 3.84. The molecule has 2 rings (SSSR count). The Labute approximate surface area is 130 Å². The zero-order valence-corrected chi connectivity index (χ0v) is 14.3. The molecule has 6 nitrogen and oxygen atoms in total. The van der Waals surface area contributed by atoms with Crippen LogP contribution in [-0.2, 0) is 9.84 Å². The highest BCUT2D eigenvalue weighted by Crippen LogP contribution is 2.32. The topological polar surface area (TPSA) is 88.3 Å². The third-order valence-electron chi connectivity index (χ3n) is 3.72. The fraction of sp³-hybridized carbons (Fsp3) is 0.769. The molecule has 8 heteroatoms. The highest BCUT2D eigenvalue weighted by molar-refractivity contribution is 7.91. The van der Waals surface area contributed by atoms with Gasteiger partial charge in [0.15, 0.2) is 15.7 Å². The van der Waals surface area contributed by atoms with E-state index in [4.69, 9.17) is 5.73 Å². The number of piperidine rings is 1. The Balaban J connectivity index is 2.05. The molecule has 0 bridgehead atoms. The molecule has 1 fully saturated rings. The van der Waals surface area contributed by atoms with E-state index in [-0.39, 0.29) is 22.5 Å². The Kier molecular flexibility index (Phi) is 5.45. The van der Waals surface area contributed by atoms with E-state index in [1.165, 1.54) is 19.3 Å². The van der Waals surface area contributed by atoms with Gasteiger partial charge in [-0.25, -0.2) is 8.42 Å². The van der Waals surface area contributed by atoms with Crippen molar-refractivity contribution in [2.75, 3.05) is 36.4 Å². The van der Waals surface area contributed by atoms with Crippen LogP contribution in [0.15, 0.2) is 4.90 Å². The average molecular weight is 332 g/mol. The van der Waals surface area contributed by atoms with Crippen molar-refractivity contribution in [2.24, 2.45) is 0 Å². The molecule has 0 aromatic carbocycles. The van der Waals surface area contributed by atoms with Crippen molar-refractivity contribution in [3.05, 3.63) is 0 Å². The van der Waals surface area contributed by atoms with Crippen molar-refractivity contribution in [3.8, 4) is 0 Å². The van der Waals surface area contributed by atoms with E-state index in [0.29, 0.717) is 5.00 Å². The molecule has 0 aliphatic carbocycles. The molecule has 1 aliphatic rings. The molecule has 120 valence electrons. The highest BCUT2D eigenvalue weighted by atomic mass is 32.2. The molecule has 1 atom stereocenters. The van der Waals surface area contributed by atoms with Crippen molar-refractivity contribution < 1.29 is 8.42 Å². The summed E-state index contributed by atoms with van der Waals surface area (Å²) in [6.45, 7) is 6.83. The fourth-order valence-corrected chi connectivity index (χ4v) is 4.90. The standard InChI is InChI=1S/C13H24N4O2S2/c1-3-21(18,19)11-12(14)16-20-13(11)15-10(2)9-17-7-5-4-6-8-17/h10,15H,3-9H2,1-2H3,(H2,14,16). The number of sulfone groups is 1. The first-order chi connectivity index (χ1) is 9.94. The lowest BCUT2D eigenvalue weighted by molar-refractivity contribution is 0.223. The largest absolute Gasteiger partial charge is 0.382 e. The third-order valence-corrected chi connectivity index (χ3v) is 6.44. The van der Waals surface area contributed by atoms with E-state index in [0.717, 1.165) is 31.2 Å². The Hall–Kier alpha value is -0.860. The Morgan fingerprint density at radius 3 is 2.67 bits per heavy atom. The Morgan fingerprint density at radius 2 is 2.05 bits per heavy atom. The minimum Gasteiger partial charge on any atom is -0.382 e. The van der Waals surface area contributed by atoms with Crippen molar-refractivity contribution in [1.82, 2.24) is 9.27 Å². The van der Waals surface area contributed by atoms with E-state index >= 15 is 0 Å². The van der Waals surface area contributed by atoms with Gasteiger partial charge in [0.25, 0.3) is 0 Å². The van der Waals surface area contributed by atoms with Crippen molar-refractivity contribution >= 4 is 32.2 Å². The summed E-state index contributed by atoms with van der Waals surface area (Å²) in [5.74, 6) is 0.139. The third kappa shape index (κ3) is 4.08. The zero-order chi connectivity index (χ0) is 15.5. The maximum absolute atomic E-state index is 12.1. The van der Waals surface area contributed by atoms with Gasteiger partial charge in [0, 0.05) is 12.6 Å². The second-order valence-corrected chi connectivity index (χ2v) is 8.52. The first kappa shape index (κ1) is 16.5. The maximum Gasteiger partial charge on any atom is 0.184 e. The molecule has 1 unspecified atom stereocenters. The number of nitrogens with two attached hydrogens (primary N) is 1. The van der Waals surface area contributed by atoms with Gasteiger partial charge in [-0.15, -0.1) is 0 Å². The Morgan fingerprint density at radius 1 is 1.38 bits per heavy atom. The number of aromatic nitrogens is 1. The van der Waals surface area contributed by atoms with E-state index in [9.17, 15) is 8.42 Å². The lowest BCUT2D eigenvalue weighted by Gasteiger charge is -2.29. The fourth-order valence-electron chi connectivity index (χ4n) is 2.63. The summed E-state index contributed by atoms with van der Waals surface area (Å²) in [6.07, 6.45) is 3.80. The molecular formula is C13H24N4O2S2. The van der Waals surface area contributed by atoms with Crippen LogP contribution < -0.4 is 11.1 Å². The molecule has 1 aliphatic heterocycles. The van der Waals surface area contributed by atoms with E-state index < -0.39 is 9.84 Å². The second-order valence-electron chi connectivity index (χ2n) is 5.54. The maximum atomic E-state index is 12.1. The summed E-state index contributed by atoms with van der Waals surface area (Å²) in [7, 11) is -3.35. The second kappa shape index (κ2) is 6.93. The van der Waals surface area contributed by atoms with Crippen LogP contribution in [0, 0.1) is 0 Å². The van der Waals surface area contributed by atoms with Gasteiger partial charge in [-0.1, -0.05) is 13.3 Å². The number of nitrogens with zero attached hydrogens (tertiary/aromatic N) is 2. The minimum atomic E-state index is -3.35. The number of nitrogens with one attached hydrogen (secondary N) is 1. The van der Waals surface area contributed by atoms with Crippen molar-refractivity contribution in [2.45, 2.75) is 44.0 Å². The lowest BCUT2D eigenvalue weighted by Crippen LogP contribution is -2.38. The van der Waals surface area contributed by atoms with Gasteiger partial charge in [0.2, 0.25) is 0 Å². The minimum absolute atomic E-state index is 0.0325. The van der Waals surface area contributed by atoms with Crippen LogP contribution in [0.1, 0.15) is 33.1 Å². The van der Waals surface area contributed by atoms with Crippen LogP contribution in [0.25, 0.3) is 0 Å². The quantitative estimate of drug-likeness (QED) is 0.826. The van der Waals surface area contributed by atoms with Crippen LogP contribution in [0.5, 0.6) is 0 Å². The van der Waals surface area contributed by atoms with Crippen LogP contribution in [0.4, 0.5) is 10.8 Å². The molecule has 0 saturated carbocycles.